The molecular weight excluding hydrogens is 457 g/mol. The zero-order chi connectivity index (χ0) is 19.0. The maximum atomic E-state index is 10.1. The van der Waals surface area contributed by atoms with Crippen LogP contribution in [0.4, 0.5) is 0 Å². The summed E-state index contributed by atoms with van der Waals surface area (Å²) >= 11 is 0. The number of halogens is 1. The standard InChI is InChI=1S/C20H29N3O3.HI/c1-5-21-19(23-14-16(24)18-11-8-12-25-18)22-13-15-9-6-7-10-17(15)26-20(2,3)4;/h6-12,16,24H,5,13-14H2,1-4H3,(H2,21,22,23);1H. The summed E-state index contributed by atoms with van der Waals surface area (Å²) in [6.45, 7) is 9.57. The van der Waals surface area contributed by atoms with Gasteiger partial charge in [0.15, 0.2) is 5.96 Å². The number of furan rings is 1. The van der Waals surface area contributed by atoms with Crippen LogP contribution in [0, 0.1) is 0 Å². The molecule has 6 nitrogen and oxygen atoms in total. The summed E-state index contributed by atoms with van der Waals surface area (Å²) in [7, 11) is 0. The number of aliphatic hydroxyl groups is 1. The number of guanidine groups is 1. The summed E-state index contributed by atoms with van der Waals surface area (Å²) in [6, 6.07) is 11.4. The topological polar surface area (TPSA) is 79.0 Å². The maximum Gasteiger partial charge on any atom is 0.191 e. The van der Waals surface area contributed by atoms with Crippen LogP contribution in [0.15, 0.2) is 52.1 Å². The highest BCUT2D eigenvalue weighted by molar-refractivity contribution is 14.0. The molecular formula is C20H30IN3O3. The van der Waals surface area contributed by atoms with Crippen LogP contribution in [0.2, 0.25) is 0 Å². The maximum absolute atomic E-state index is 10.1. The highest BCUT2D eigenvalue weighted by Crippen LogP contribution is 2.23. The second-order valence-electron chi connectivity index (χ2n) is 6.93. The van der Waals surface area contributed by atoms with Crippen LogP contribution in [0.25, 0.3) is 0 Å². The van der Waals surface area contributed by atoms with Crippen molar-refractivity contribution < 1.29 is 14.3 Å². The summed E-state index contributed by atoms with van der Waals surface area (Å²) in [4.78, 5) is 4.60. The molecule has 0 aliphatic heterocycles. The molecule has 0 aliphatic carbocycles. The minimum atomic E-state index is -0.731. The predicted molar refractivity (Wildman–Crippen MR) is 119 cm³/mol. The molecule has 1 heterocycles. The van der Waals surface area contributed by atoms with E-state index in [9.17, 15) is 5.11 Å². The molecule has 0 fully saturated rings. The largest absolute Gasteiger partial charge is 0.488 e. The van der Waals surface area contributed by atoms with Crippen molar-refractivity contribution in [2.45, 2.75) is 45.9 Å². The number of nitrogens with zero attached hydrogens (tertiary/aromatic N) is 1. The van der Waals surface area contributed by atoms with E-state index in [0.29, 0.717) is 24.8 Å². The number of para-hydroxylation sites is 1. The second kappa shape index (κ2) is 11.2. The Hall–Kier alpha value is -1.74. The van der Waals surface area contributed by atoms with Crippen molar-refractivity contribution in [1.82, 2.24) is 10.6 Å². The zero-order valence-corrected chi connectivity index (χ0v) is 18.7. The van der Waals surface area contributed by atoms with E-state index in [2.05, 4.69) is 15.6 Å². The van der Waals surface area contributed by atoms with Crippen molar-refractivity contribution in [3.63, 3.8) is 0 Å². The fourth-order valence-electron chi connectivity index (χ4n) is 2.34. The van der Waals surface area contributed by atoms with E-state index in [1.54, 1.807) is 18.4 Å². The lowest BCUT2D eigenvalue weighted by Crippen LogP contribution is -2.39. The summed E-state index contributed by atoms with van der Waals surface area (Å²) in [6.07, 6.45) is 0.814. The highest BCUT2D eigenvalue weighted by atomic mass is 127. The third-order valence-corrected chi connectivity index (χ3v) is 3.47. The molecule has 3 N–H and O–H groups in total. The fraction of sp³-hybridized carbons (Fsp3) is 0.450. The Morgan fingerprint density at radius 3 is 2.56 bits per heavy atom. The summed E-state index contributed by atoms with van der Waals surface area (Å²) in [5.41, 5.74) is 0.738. The van der Waals surface area contributed by atoms with Gasteiger partial charge in [0.1, 0.15) is 23.2 Å². The lowest BCUT2D eigenvalue weighted by atomic mass is 10.1. The summed E-state index contributed by atoms with van der Waals surface area (Å²) < 4.78 is 11.2. The van der Waals surface area contributed by atoms with Gasteiger partial charge in [-0.3, -0.25) is 0 Å². The quantitative estimate of drug-likeness (QED) is 0.314. The Morgan fingerprint density at radius 1 is 1.19 bits per heavy atom. The van der Waals surface area contributed by atoms with Crippen molar-refractivity contribution in [1.29, 1.82) is 0 Å². The van der Waals surface area contributed by atoms with Crippen LogP contribution in [0.5, 0.6) is 5.75 Å². The second-order valence-corrected chi connectivity index (χ2v) is 6.93. The average molecular weight is 487 g/mol. The zero-order valence-electron chi connectivity index (χ0n) is 16.4. The number of aliphatic hydroxyl groups excluding tert-OH is 1. The van der Waals surface area contributed by atoms with Crippen LogP contribution in [-0.4, -0.2) is 29.8 Å². The minimum absolute atomic E-state index is 0. The number of benzene rings is 1. The third kappa shape index (κ3) is 8.21. The van der Waals surface area contributed by atoms with Gasteiger partial charge in [-0.25, -0.2) is 4.99 Å². The van der Waals surface area contributed by atoms with Crippen molar-refractivity contribution in [2.24, 2.45) is 4.99 Å². The van der Waals surface area contributed by atoms with E-state index in [4.69, 9.17) is 9.15 Å². The van der Waals surface area contributed by atoms with Crippen LogP contribution in [-0.2, 0) is 6.54 Å². The fourth-order valence-corrected chi connectivity index (χ4v) is 2.34. The molecule has 7 heteroatoms. The number of rotatable bonds is 7. The number of hydrogen-bond donors (Lipinski definition) is 3. The van der Waals surface area contributed by atoms with Gasteiger partial charge < -0.3 is 24.9 Å². The minimum Gasteiger partial charge on any atom is -0.488 e. The van der Waals surface area contributed by atoms with Gasteiger partial charge >= 0.3 is 0 Å². The molecule has 2 aromatic rings. The average Bonchev–Trinajstić information content (AvgIpc) is 3.11. The van der Waals surface area contributed by atoms with Gasteiger partial charge in [-0.1, -0.05) is 18.2 Å². The number of nitrogens with one attached hydrogen (secondary N) is 2. The van der Waals surface area contributed by atoms with Crippen molar-refractivity contribution in [2.75, 3.05) is 13.1 Å². The summed E-state index contributed by atoms with van der Waals surface area (Å²) in [5, 5.41) is 16.4. The molecule has 1 atom stereocenters. The molecule has 0 spiro atoms. The molecule has 27 heavy (non-hydrogen) atoms. The predicted octanol–water partition coefficient (Wildman–Crippen LogP) is 3.86. The first-order valence-corrected chi connectivity index (χ1v) is 8.89. The Labute approximate surface area is 178 Å². The Balaban J connectivity index is 0.00000364. The van der Waals surface area contributed by atoms with Gasteiger partial charge in [-0.15, -0.1) is 24.0 Å². The molecule has 2 rings (SSSR count). The van der Waals surface area contributed by atoms with Crippen molar-refractivity contribution >= 4 is 29.9 Å². The summed E-state index contributed by atoms with van der Waals surface area (Å²) in [5.74, 6) is 1.98. The van der Waals surface area contributed by atoms with Gasteiger partial charge in [-0.2, -0.15) is 0 Å². The van der Waals surface area contributed by atoms with Crippen LogP contribution in [0.1, 0.15) is 45.1 Å². The third-order valence-electron chi connectivity index (χ3n) is 3.47. The lowest BCUT2D eigenvalue weighted by Gasteiger charge is -2.23. The molecule has 1 aromatic heterocycles. The number of ether oxygens (including phenoxy) is 1. The van der Waals surface area contributed by atoms with Crippen LogP contribution < -0.4 is 15.4 Å². The molecule has 0 saturated carbocycles. The molecule has 0 radical (unpaired) electrons. The van der Waals surface area contributed by atoms with E-state index in [-0.39, 0.29) is 29.6 Å². The number of hydrogen-bond acceptors (Lipinski definition) is 4. The van der Waals surface area contributed by atoms with Crippen molar-refractivity contribution in [3.8, 4) is 5.75 Å². The molecule has 1 unspecified atom stereocenters. The van der Waals surface area contributed by atoms with Gasteiger partial charge in [-0.05, 0) is 45.9 Å². The molecule has 0 amide bonds. The van der Waals surface area contributed by atoms with Crippen molar-refractivity contribution in [3.05, 3.63) is 54.0 Å². The van der Waals surface area contributed by atoms with Gasteiger partial charge in [0.25, 0.3) is 0 Å². The normalized spacial score (nSPS) is 12.9. The Morgan fingerprint density at radius 2 is 1.93 bits per heavy atom. The molecule has 1 aromatic carbocycles. The lowest BCUT2D eigenvalue weighted by molar-refractivity contribution is 0.129. The van der Waals surface area contributed by atoms with Gasteiger partial charge in [0.05, 0.1) is 19.4 Å². The first kappa shape index (κ1) is 23.3. The highest BCUT2D eigenvalue weighted by Gasteiger charge is 2.14. The van der Waals surface area contributed by atoms with Crippen LogP contribution in [0.3, 0.4) is 0 Å². The number of aliphatic imine (C=N–C) groups is 1. The van der Waals surface area contributed by atoms with E-state index >= 15 is 0 Å². The Bertz CT molecular complexity index is 697. The molecule has 0 aliphatic rings. The monoisotopic (exact) mass is 487 g/mol. The smallest absolute Gasteiger partial charge is 0.191 e. The molecule has 150 valence electrons. The Kier molecular flexibility index (Phi) is 9.65. The van der Waals surface area contributed by atoms with E-state index < -0.39 is 6.10 Å². The van der Waals surface area contributed by atoms with E-state index in [0.717, 1.165) is 17.9 Å². The van der Waals surface area contributed by atoms with E-state index in [1.165, 1.54) is 0 Å². The first-order valence-electron chi connectivity index (χ1n) is 8.89. The first-order chi connectivity index (χ1) is 12.4. The van der Waals surface area contributed by atoms with Gasteiger partial charge in [0.2, 0.25) is 0 Å². The molecule has 0 saturated heterocycles. The van der Waals surface area contributed by atoms with Crippen LogP contribution >= 0.6 is 24.0 Å². The SMILES string of the molecule is CCNC(=NCc1ccccc1OC(C)(C)C)NCC(O)c1ccco1.I. The van der Waals surface area contributed by atoms with Gasteiger partial charge in [0, 0.05) is 12.1 Å². The van der Waals surface area contributed by atoms with E-state index in [1.807, 2.05) is 52.0 Å². The molecule has 0 bridgehead atoms.